The average Bonchev–Trinajstić information content (AvgIpc) is 3.36. The molecule has 1 unspecified atom stereocenters. The lowest BCUT2D eigenvalue weighted by Crippen LogP contribution is -2.42. The van der Waals surface area contributed by atoms with Gasteiger partial charge in [0.1, 0.15) is 5.82 Å². The molecular weight excluding hydrogens is 426 g/mol. The van der Waals surface area contributed by atoms with E-state index in [1.165, 1.54) is 29.7 Å². The number of fused-ring (bicyclic) bond motifs is 1. The van der Waals surface area contributed by atoms with Crippen LogP contribution >= 0.6 is 11.3 Å². The van der Waals surface area contributed by atoms with Crippen molar-refractivity contribution in [3.05, 3.63) is 94.1 Å². The van der Waals surface area contributed by atoms with Crippen molar-refractivity contribution >= 4 is 22.2 Å². The van der Waals surface area contributed by atoms with E-state index in [4.69, 9.17) is 0 Å². The van der Waals surface area contributed by atoms with E-state index in [9.17, 15) is 22.7 Å². The SMILES string of the molecule is OC(CCCc1cccs1)(c1cn(Cc2cccc(F)c2)c2ccccc12)C(F)(F)F. The standard InChI is InChI=1S/C24H21F4NOS/c25-18-7-3-6-17(14-18)15-29-16-21(20-10-1-2-11-22(20)29)23(30,24(26,27)28)12-4-8-19-9-5-13-31-19/h1-3,5-7,9-11,13-14,16,30H,4,8,12,15H2. The minimum Gasteiger partial charge on any atom is -0.376 e. The molecule has 0 aliphatic heterocycles. The van der Waals surface area contributed by atoms with Crippen molar-refractivity contribution in [3.63, 3.8) is 0 Å². The monoisotopic (exact) mass is 447 g/mol. The molecule has 0 aliphatic carbocycles. The molecule has 0 fully saturated rings. The molecule has 0 saturated carbocycles. The Hall–Kier alpha value is -2.64. The predicted molar refractivity (Wildman–Crippen MR) is 115 cm³/mol. The fraction of sp³-hybridized carbons (Fsp3) is 0.250. The Balaban J connectivity index is 1.72. The van der Waals surface area contributed by atoms with E-state index in [0.717, 1.165) is 4.88 Å². The first-order valence-electron chi connectivity index (χ1n) is 9.92. The van der Waals surface area contributed by atoms with Crippen molar-refractivity contribution in [3.8, 4) is 0 Å². The molecule has 0 aliphatic rings. The van der Waals surface area contributed by atoms with Gasteiger partial charge in [0.2, 0.25) is 0 Å². The molecule has 1 N–H and O–H groups in total. The first-order valence-corrected chi connectivity index (χ1v) is 10.8. The highest BCUT2D eigenvalue weighted by atomic mass is 32.1. The third kappa shape index (κ3) is 4.38. The first-order chi connectivity index (χ1) is 14.8. The molecule has 2 nitrogen and oxygen atoms in total. The number of benzene rings is 2. The summed E-state index contributed by atoms with van der Waals surface area (Å²) in [6.45, 7) is 0.196. The highest BCUT2D eigenvalue weighted by Gasteiger charge is 2.55. The van der Waals surface area contributed by atoms with Gasteiger partial charge in [0.15, 0.2) is 5.60 Å². The van der Waals surface area contributed by atoms with Gasteiger partial charge in [-0.1, -0.05) is 36.4 Å². The van der Waals surface area contributed by atoms with E-state index in [0.29, 0.717) is 22.9 Å². The van der Waals surface area contributed by atoms with Crippen LogP contribution in [-0.4, -0.2) is 15.8 Å². The van der Waals surface area contributed by atoms with Gasteiger partial charge in [-0.25, -0.2) is 4.39 Å². The van der Waals surface area contributed by atoms with Crippen LogP contribution in [0.3, 0.4) is 0 Å². The van der Waals surface area contributed by atoms with Crippen LogP contribution in [0.2, 0.25) is 0 Å². The van der Waals surface area contributed by atoms with E-state index in [-0.39, 0.29) is 18.5 Å². The Bertz CT molecular complexity index is 1170. The number of hydrogen-bond acceptors (Lipinski definition) is 2. The summed E-state index contributed by atoms with van der Waals surface area (Å²) in [4.78, 5) is 0.984. The summed E-state index contributed by atoms with van der Waals surface area (Å²) in [5.74, 6) is -0.408. The number of aliphatic hydroxyl groups is 1. The van der Waals surface area contributed by atoms with Crippen LogP contribution in [0.25, 0.3) is 10.9 Å². The Morgan fingerprint density at radius 3 is 2.48 bits per heavy atom. The number of halogens is 4. The molecule has 31 heavy (non-hydrogen) atoms. The van der Waals surface area contributed by atoms with Crippen molar-refractivity contribution in [2.24, 2.45) is 0 Å². The fourth-order valence-electron chi connectivity index (χ4n) is 3.94. The van der Waals surface area contributed by atoms with Gasteiger partial charge >= 0.3 is 6.18 Å². The normalized spacial score (nSPS) is 14.1. The minimum atomic E-state index is -4.84. The number of aryl methyl sites for hydroxylation is 1. The van der Waals surface area contributed by atoms with Crippen LogP contribution in [-0.2, 0) is 18.6 Å². The molecule has 0 bridgehead atoms. The summed E-state index contributed by atoms with van der Waals surface area (Å²) < 4.78 is 57.7. The Kier molecular flexibility index (Phi) is 5.90. The second kappa shape index (κ2) is 8.48. The fourth-order valence-corrected chi connectivity index (χ4v) is 4.69. The van der Waals surface area contributed by atoms with Crippen LogP contribution < -0.4 is 0 Å². The maximum atomic E-state index is 14.2. The molecule has 2 heterocycles. The molecule has 2 aromatic carbocycles. The smallest absolute Gasteiger partial charge is 0.376 e. The zero-order valence-electron chi connectivity index (χ0n) is 16.6. The maximum absolute atomic E-state index is 14.2. The number of rotatable bonds is 7. The topological polar surface area (TPSA) is 25.2 Å². The van der Waals surface area contributed by atoms with E-state index in [1.54, 1.807) is 41.0 Å². The second-order valence-electron chi connectivity index (χ2n) is 7.61. The molecule has 7 heteroatoms. The highest BCUT2D eigenvalue weighted by molar-refractivity contribution is 7.09. The molecular formula is C24H21F4NOS. The number of aromatic nitrogens is 1. The Morgan fingerprint density at radius 2 is 1.77 bits per heavy atom. The van der Waals surface area contributed by atoms with Gasteiger partial charge < -0.3 is 9.67 Å². The molecule has 0 saturated heterocycles. The van der Waals surface area contributed by atoms with Gasteiger partial charge in [0.05, 0.1) is 0 Å². The zero-order chi connectivity index (χ0) is 22.1. The van der Waals surface area contributed by atoms with Crippen LogP contribution in [0, 0.1) is 5.82 Å². The third-order valence-electron chi connectivity index (χ3n) is 5.49. The van der Waals surface area contributed by atoms with Gasteiger partial charge in [0.25, 0.3) is 0 Å². The summed E-state index contributed by atoms with van der Waals surface area (Å²) in [6, 6.07) is 16.4. The summed E-state index contributed by atoms with van der Waals surface area (Å²) in [5, 5.41) is 13.2. The lowest BCUT2D eigenvalue weighted by molar-refractivity contribution is -0.269. The Labute approximate surface area is 181 Å². The number of nitrogens with zero attached hydrogens (tertiary/aromatic N) is 1. The highest BCUT2D eigenvalue weighted by Crippen LogP contribution is 2.45. The lowest BCUT2D eigenvalue weighted by Gasteiger charge is -2.30. The van der Waals surface area contributed by atoms with Crippen LogP contribution in [0.15, 0.2) is 72.2 Å². The van der Waals surface area contributed by atoms with Crippen molar-refractivity contribution in [2.45, 2.75) is 37.6 Å². The predicted octanol–water partition coefficient (Wildman–Crippen LogP) is 6.66. The zero-order valence-corrected chi connectivity index (χ0v) is 17.4. The van der Waals surface area contributed by atoms with E-state index in [1.807, 2.05) is 17.5 Å². The van der Waals surface area contributed by atoms with Crippen LogP contribution in [0.1, 0.15) is 28.8 Å². The van der Waals surface area contributed by atoms with Gasteiger partial charge in [0, 0.05) is 34.1 Å². The lowest BCUT2D eigenvalue weighted by atomic mass is 9.87. The number of hydrogen-bond donors (Lipinski definition) is 1. The van der Waals surface area contributed by atoms with Crippen LogP contribution in [0.4, 0.5) is 17.6 Å². The van der Waals surface area contributed by atoms with Gasteiger partial charge in [-0.2, -0.15) is 13.2 Å². The largest absolute Gasteiger partial charge is 0.421 e. The summed E-state index contributed by atoms with van der Waals surface area (Å²) in [5.41, 5.74) is -1.96. The quantitative estimate of drug-likeness (QED) is 0.315. The summed E-state index contributed by atoms with van der Waals surface area (Å²) in [6.07, 6.45) is -3.26. The average molecular weight is 447 g/mol. The van der Waals surface area contributed by atoms with Crippen molar-refractivity contribution < 1.29 is 22.7 Å². The van der Waals surface area contributed by atoms with Gasteiger partial charge in [-0.3, -0.25) is 0 Å². The summed E-state index contributed by atoms with van der Waals surface area (Å²) in [7, 11) is 0. The first kappa shape index (κ1) is 21.6. The molecule has 0 amide bonds. The van der Waals surface area contributed by atoms with E-state index >= 15 is 0 Å². The van der Waals surface area contributed by atoms with Crippen molar-refractivity contribution in [1.29, 1.82) is 0 Å². The van der Waals surface area contributed by atoms with Gasteiger partial charge in [-0.05, 0) is 54.5 Å². The van der Waals surface area contributed by atoms with E-state index < -0.39 is 24.0 Å². The molecule has 1 atom stereocenters. The van der Waals surface area contributed by atoms with Gasteiger partial charge in [-0.15, -0.1) is 11.3 Å². The molecule has 162 valence electrons. The molecule has 4 rings (SSSR count). The number of para-hydroxylation sites is 1. The molecule has 0 radical (unpaired) electrons. The molecule has 0 spiro atoms. The Morgan fingerprint density at radius 1 is 0.968 bits per heavy atom. The maximum Gasteiger partial charge on any atom is 0.421 e. The number of alkyl halides is 3. The molecule has 2 aromatic heterocycles. The third-order valence-corrected chi connectivity index (χ3v) is 6.42. The van der Waals surface area contributed by atoms with Crippen molar-refractivity contribution in [2.75, 3.05) is 0 Å². The minimum absolute atomic E-state index is 0.168. The second-order valence-corrected chi connectivity index (χ2v) is 8.64. The van der Waals surface area contributed by atoms with E-state index in [2.05, 4.69) is 0 Å². The van der Waals surface area contributed by atoms with Crippen molar-refractivity contribution in [1.82, 2.24) is 4.57 Å². The van der Waals surface area contributed by atoms with Crippen LogP contribution in [0.5, 0.6) is 0 Å². The number of thiophene rings is 1. The summed E-state index contributed by atoms with van der Waals surface area (Å²) >= 11 is 1.49. The molecule has 4 aromatic rings.